The zero-order chi connectivity index (χ0) is 14.1. The SMILES string of the molecule is CCCCOC(=O)/C=C/C(=O)Oc1ccc(Br)cc1. The topological polar surface area (TPSA) is 52.6 Å². The van der Waals surface area contributed by atoms with Gasteiger partial charge in [-0.05, 0) is 30.7 Å². The molecule has 102 valence electrons. The Morgan fingerprint density at radius 1 is 1.16 bits per heavy atom. The van der Waals surface area contributed by atoms with Crippen molar-refractivity contribution in [2.45, 2.75) is 19.8 Å². The molecular weight excluding hydrogens is 312 g/mol. The molecule has 0 aliphatic carbocycles. The lowest BCUT2D eigenvalue weighted by Gasteiger charge is -2.01. The number of hydrogen-bond donors (Lipinski definition) is 0. The Labute approximate surface area is 120 Å². The van der Waals surface area contributed by atoms with Crippen molar-refractivity contribution >= 4 is 27.9 Å². The highest BCUT2D eigenvalue weighted by Gasteiger charge is 2.02. The first-order valence-electron chi connectivity index (χ1n) is 5.94. The van der Waals surface area contributed by atoms with Crippen molar-refractivity contribution in [2.24, 2.45) is 0 Å². The normalized spacial score (nSPS) is 10.4. The summed E-state index contributed by atoms with van der Waals surface area (Å²) in [7, 11) is 0. The van der Waals surface area contributed by atoms with Gasteiger partial charge in [0, 0.05) is 16.6 Å². The van der Waals surface area contributed by atoms with E-state index in [2.05, 4.69) is 15.9 Å². The second-order valence-corrected chi connectivity index (χ2v) is 4.65. The molecule has 1 rings (SSSR count). The van der Waals surface area contributed by atoms with E-state index in [-0.39, 0.29) is 0 Å². The van der Waals surface area contributed by atoms with E-state index in [4.69, 9.17) is 9.47 Å². The Kier molecular flexibility index (Phi) is 6.89. The molecular formula is C14H15BrO4. The van der Waals surface area contributed by atoms with Gasteiger partial charge in [0.25, 0.3) is 0 Å². The Balaban J connectivity index is 2.38. The van der Waals surface area contributed by atoms with Gasteiger partial charge >= 0.3 is 11.9 Å². The number of hydrogen-bond acceptors (Lipinski definition) is 4. The van der Waals surface area contributed by atoms with E-state index in [1.807, 2.05) is 6.92 Å². The van der Waals surface area contributed by atoms with Crippen LogP contribution in [0.15, 0.2) is 40.9 Å². The minimum Gasteiger partial charge on any atom is -0.463 e. The summed E-state index contributed by atoms with van der Waals surface area (Å²) in [4.78, 5) is 22.6. The fourth-order valence-electron chi connectivity index (χ4n) is 1.15. The van der Waals surface area contributed by atoms with Gasteiger partial charge in [0.15, 0.2) is 0 Å². The lowest BCUT2D eigenvalue weighted by atomic mass is 10.3. The van der Waals surface area contributed by atoms with Crippen LogP contribution in [0.5, 0.6) is 5.75 Å². The molecule has 0 N–H and O–H groups in total. The lowest BCUT2D eigenvalue weighted by molar-refractivity contribution is -0.138. The molecule has 0 radical (unpaired) electrons. The molecule has 19 heavy (non-hydrogen) atoms. The van der Waals surface area contributed by atoms with Gasteiger partial charge in [-0.15, -0.1) is 0 Å². The molecule has 0 saturated heterocycles. The lowest BCUT2D eigenvalue weighted by Crippen LogP contribution is -2.07. The Morgan fingerprint density at radius 3 is 2.42 bits per heavy atom. The maximum atomic E-state index is 11.4. The van der Waals surface area contributed by atoms with Gasteiger partial charge in [0.2, 0.25) is 0 Å². The molecule has 0 unspecified atom stereocenters. The van der Waals surface area contributed by atoms with Crippen molar-refractivity contribution in [1.29, 1.82) is 0 Å². The highest BCUT2D eigenvalue weighted by molar-refractivity contribution is 9.10. The highest BCUT2D eigenvalue weighted by atomic mass is 79.9. The molecule has 4 nitrogen and oxygen atoms in total. The second kappa shape index (κ2) is 8.48. The molecule has 1 aromatic rings. The average molecular weight is 327 g/mol. The summed E-state index contributed by atoms with van der Waals surface area (Å²) in [6.07, 6.45) is 3.87. The van der Waals surface area contributed by atoms with Crippen molar-refractivity contribution in [2.75, 3.05) is 6.61 Å². The third kappa shape index (κ3) is 6.76. The molecule has 0 heterocycles. The number of benzene rings is 1. The van der Waals surface area contributed by atoms with Crippen LogP contribution in [-0.2, 0) is 14.3 Å². The quantitative estimate of drug-likeness (QED) is 0.348. The fraction of sp³-hybridized carbons (Fsp3) is 0.286. The van der Waals surface area contributed by atoms with Gasteiger partial charge in [-0.3, -0.25) is 0 Å². The monoisotopic (exact) mass is 326 g/mol. The zero-order valence-electron chi connectivity index (χ0n) is 10.6. The zero-order valence-corrected chi connectivity index (χ0v) is 12.2. The van der Waals surface area contributed by atoms with Crippen LogP contribution in [0, 0.1) is 0 Å². The molecule has 5 heteroatoms. The number of ether oxygens (including phenoxy) is 2. The molecule has 0 bridgehead atoms. The third-order valence-electron chi connectivity index (χ3n) is 2.13. The summed E-state index contributed by atoms with van der Waals surface area (Å²) in [5, 5.41) is 0. The maximum absolute atomic E-state index is 11.4. The van der Waals surface area contributed by atoms with Gasteiger partial charge in [-0.1, -0.05) is 29.3 Å². The molecule has 0 saturated carbocycles. The Hall–Kier alpha value is -1.62. The molecule has 0 amide bonds. The number of carbonyl (C=O) groups excluding carboxylic acids is 2. The van der Waals surface area contributed by atoms with Crippen LogP contribution in [0.4, 0.5) is 0 Å². The van der Waals surface area contributed by atoms with E-state index in [0.29, 0.717) is 12.4 Å². The summed E-state index contributed by atoms with van der Waals surface area (Å²) >= 11 is 3.28. The smallest absolute Gasteiger partial charge is 0.336 e. The van der Waals surface area contributed by atoms with Crippen molar-refractivity contribution in [3.05, 3.63) is 40.9 Å². The van der Waals surface area contributed by atoms with Crippen molar-refractivity contribution in [3.8, 4) is 5.75 Å². The number of unbranched alkanes of at least 4 members (excludes halogenated alkanes) is 1. The minimum absolute atomic E-state index is 0.363. The van der Waals surface area contributed by atoms with Crippen LogP contribution in [0.1, 0.15) is 19.8 Å². The minimum atomic E-state index is -0.616. The molecule has 0 fully saturated rings. The van der Waals surface area contributed by atoms with E-state index in [9.17, 15) is 9.59 Å². The predicted molar refractivity (Wildman–Crippen MR) is 74.8 cm³/mol. The van der Waals surface area contributed by atoms with Gasteiger partial charge in [0.1, 0.15) is 5.75 Å². The van der Waals surface area contributed by atoms with Crippen molar-refractivity contribution in [3.63, 3.8) is 0 Å². The van der Waals surface area contributed by atoms with Gasteiger partial charge in [-0.25, -0.2) is 9.59 Å². The molecule has 0 aliphatic heterocycles. The predicted octanol–water partition coefficient (Wildman–Crippen LogP) is 3.25. The summed E-state index contributed by atoms with van der Waals surface area (Å²) in [6.45, 7) is 2.36. The van der Waals surface area contributed by atoms with E-state index in [1.54, 1.807) is 24.3 Å². The van der Waals surface area contributed by atoms with Gasteiger partial charge in [0.05, 0.1) is 6.61 Å². The highest BCUT2D eigenvalue weighted by Crippen LogP contribution is 2.16. The summed E-state index contributed by atoms with van der Waals surface area (Å²) < 4.78 is 10.7. The fourth-order valence-corrected chi connectivity index (χ4v) is 1.42. The van der Waals surface area contributed by atoms with Crippen LogP contribution in [-0.4, -0.2) is 18.5 Å². The number of esters is 2. The molecule has 0 aromatic heterocycles. The molecule has 1 aromatic carbocycles. The van der Waals surface area contributed by atoms with E-state index in [0.717, 1.165) is 29.5 Å². The summed E-state index contributed by atoms with van der Waals surface area (Å²) in [6, 6.07) is 6.81. The van der Waals surface area contributed by atoms with E-state index in [1.165, 1.54) is 0 Å². The molecule has 0 atom stereocenters. The van der Waals surface area contributed by atoms with Crippen LogP contribution >= 0.6 is 15.9 Å². The van der Waals surface area contributed by atoms with Crippen LogP contribution in [0.3, 0.4) is 0 Å². The second-order valence-electron chi connectivity index (χ2n) is 3.73. The summed E-state index contributed by atoms with van der Waals surface area (Å²) in [5.41, 5.74) is 0. The van der Waals surface area contributed by atoms with Crippen LogP contribution in [0.25, 0.3) is 0 Å². The standard InChI is InChI=1S/C14H15BrO4/c1-2-3-10-18-13(16)8-9-14(17)19-12-6-4-11(15)5-7-12/h4-9H,2-3,10H2,1H3/b9-8+. The number of rotatable bonds is 6. The molecule has 0 spiro atoms. The van der Waals surface area contributed by atoms with Crippen molar-refractivity contribution in [1.82, 2.24) is 0 Å². The first kappa shape index (κ1) is 15.4. The Bertz CT molecular complexity index is 451. The van der Waals surface area contributed by atoms with Crippen LogP contribution in [0.2, 0.25) is 0 Å². The van der Waals surface area contributed by atoms with Crippen molar-refractivity contribution < 1.29 is 19.1 Å². The van der Waals surface area contributed by atoms with E-state index >= 15 is 0 Å². The average Bonchev–Trinajstić information content (AvgIpc) is 2.39. The van der Waals surface area contributed by atoms with Gasteiger partial charge in [-0.2, -0.15) is 0 Å². The Morgan fingerprint density at radius 2 is 1.79 bits per heavy atom. The van der Waals surface area contributed by atoms with Crippen LogP contribution < -0.4 is 4.74 Å². The van der Waals surface area contributed by atoms with Gasteiger partial charge < -0.3 is 9.47 Å². The largest absolute Gasteiger partial charge is 0.463 e. The number of halogens is 1. The van der Waals surface area contributed by atoms with E-state index < -0.39 is 11.9 Å². The third-order valence-corrected chi connectivity index (χ3v) is 2.66. The first-order chi connectivity index (χ1) is 9.11. The first-order valence-corrected chi connectivity index (χ1v) is 6.73. The number of carbonyl (C=O) groups is 2. The molecule has 0 aliphatic rings. The summed E-state index contributed by atoms with van der Waals surface area (Å²) in [5.74, 6) is -0.742. The maximum Gasteiger partial charge on any atom is 0.336 e.